The number of ether oxygens (including phenoxy) is 2. The van der Waals surface area contributed by atoms with Crippen LogP contribution in [0, 0.1) is 5.82 Å². The molecule has 0 heterocycles. The number of carbonyl (C=O) groups excluding carboxylic acids is 3. The second kappa shape index (κ2) is 12.1. The van der Waals surface area contributed by atoms with Gasteiger partial charge in [-0.25, -0.2) is 9.18 Å². The van der Waals surface area contributed by atoms with Gasteiger partial charge in [-0.3, -0.25) is 9.59 Å². The van der Waals surface area contributed by atoms with E-state index in [2.05, 4.69) is 10.6 Å². The van der Waals surface area contributed by atoms with E-state index in [9.17, 15) is 18.8 Å². The third kappa shape index (κ3) is 8.59. The van der Waals surface area contributed by atoms with Crippen LogP contribution in [0.25, 0.3) is 0 Å². The van der Waals surface area contributed by atoms with E-state index in [1.807, 2.05) is 18.2 Å². The zero-order chi connectivity index (χ0) is 21.8. The average molecular weight is 417 g/mol. The van der Waals surface area contributed by atoms with Gasteiger partial charge in [-0.1, -0.05) is 30.3 Å². The molecule has 30 heavy (non-hydrogen) atoms. The number of hydrogen-bond acceptors (Lipinski definition) is 5. The number of hydrogen-bond donors (Lipinski definition) is 3. The van der Waals surface area contributed by atoms with Crippen LogP contribution in [0.4, 0.5) is 9.18 Å². The van der Waals surface area contributed by atoms with Crippen molar-refractivity contribution in [2.45, 2.75) is 25.5 Å². The van der Waals surface area contributed by atoms with Gasteiger partial charge in [0, 0.05) is 6.42 Å². The number of rotatable bonds is 11. The molecular weight excluding hydrogens is 393 g/mol. The van der Waals surface area contributed by atoms with E-state index in [-0.39, 0.29) is 38.4 Å². The number of benzene rings is 2. The summed E-state index contributed by atoms with van der Waals surface area (Å²) in [5.41, 5.74) is 5.94. The fourth-order valence-electron chi connectivity index (χ4n) is 2.46. The molecule has 2 aromatic carbocycles. The standard InChI is InChI=1S/C21H24FN3O5/c22-16-6-8-17(9-7-16)29-13-12-24-20(27)18(10-11-19(23)26)25-21(28)30-14-15-4-2-1-3-5-15/h1-9,18H,10-14H2,(H2,23,26)(H,24,27)(H,25,28)/t18-/m0/s1. The summed E-state index contributed by atoms with van der Waals surface area (Å²) in [7, 11) is 0. The minimum absolute atomic E-state index is 0.0282. The van der Waals surface area contributed by atoms with E-state index in [1.54, 1.807) is 12.1 Å². The van der Waals surface area contributed by atoms with Crippen LogP contribution in [0.1, 0.15) is 18.4 Å². The molecule has 0 saturated carbocycles. The Bertz CT molecular complexity index is 830. The van der Waals surface area contributed by atoms with Crippen molar-refractivity contribution in [3.8, 4) is 5.75 Å². The summed E-state index contributed by atoms with van der Waals surface area (Å²) < 4.78 is 23.4. The largest absolute Gasteiger partial charge is 0.492 e. The average Bonchev–Trinajstić information content (AvgIpc) is 2.74. The highest BCUT2D eigenvalue weighted by atomic mass is 19.1. The summed E-state index contributed by atoms with van der Waals surface area (Å²) in [5.74, 6) is -1.01. The molecule has 2 rings (SSSR count). The second-order valence-corrected chi connectivity index (χ2v) is 6.36. The molecule has 0 aromatic heterocycles. The van der Waals surface area contributed by atoms with Gasteiger partial charge in [0.2, 0.25) is 11.8 Å². The molecule has 0 aliphatic heterocycles. The topological polar surface area (TPSA) is 120 Å². The molecule has 1 atom stereocenters. The molecule has 0 radical (unpaired) electrons. The van der Waals surface area contributed by atoms with E-state index >= 15 is 0 Å². The van der Waals surface area contributed by atoms with E-state index < -0.39 is 23.9 Å². The maximum absolute atomic E-state index is 12.9. The van der Waals surface area contributed by atoms with Crippen molar-refractivity contribution >= 4 is 17.9 Å². The first-order chi connectivity index (χ1) is 14.4. The minimum Gasteiger partial charge on any atom is -0.492 e. The van der Waals surface area contributed by atoms with E-state index in [4.69, 9.17) is 15.2 Å². The molecule has 0 saturated heterocycles. The Hall–Kier alpha value is -3.62. The van der Waals surface area contributed by atoms with Gasteiger partial charge in [-0.15, -0.1) is 0 Å². The number of primary amides is 1. The summed E-state index contributed by atoms with van der Waals surface area (Å²) in [6.45, 7) is 0.324. The van der Waals surface area contributed by atoms with Crippen LogP contribution in [-0.2, 0) is 20.9 Å². The van der Waals surface area contributed by atoms with E-state index in [1.165, 1.54) is 24.3 Å². The van der Waals surface area contributed by atoms with Crippen LogP contribution < -0.4 is 21.1 Å². The SMILES string of the molecule is NC(=O)CC[C@H](NC(=O)OCc1ccccc1)C(=O)NCCOc1ccc(F)cc1. The van der Waals surface area contributed by atoms with Crippen LogP contribution in [0.3, 0.4) is 0 Å². The lowest BCUT2D eigenvalue weighted by atomic mass is 10.1. The molecule has 0 spiro atoms. The van der Waals surface area contributed by atoms with E-state index in [0.29, 0.717) is 5.75 Å². The van der Waals surface area contributed by atoms with Crippen LogP contribution in [-0.4, -0.2) is 37.1 Å². The smallest absolute Gasteiger partial charge is 0.408 e. The van der Waals surface area contributed by atoms with Gasteiger partial charge in [0.15, 0.2) is 0 Å². The molecule has 9 heteroatoms. The molecule has 0 aliphatic rings. The zero-order valence-electron chi connectivity index (χ0n) is 16.3. The molecule has 3 amide bonds. The molecule has 8 nitrogen and oxygen atoms in total. The van der Waals surface area contributed by atoms with Gasteiger partial charge in [-0.2, -0.15) is 0 Å². The summed E-state index contributed by atoms with van der Waals surface area (Å²) in [5, 5.41) is 5.05. The predicted octanol–water partition coefficient (Wildman–Crippen LogP) is 1.88. The van der Waals surface area contributed by atoms with Crippen molar-refractivity contribution in [2.24, 2.45) is 5.73 Å². The molecule has 4 N–H and O–H groups in total. The van der Waals surface area contributed by atoms with Crippen LogP contribution in [0.2, 0.25) is 0 Å². The van der Waals surface area contributed by atoms with Crippen LogP contribution >= 0.6 is 0 Å². The molecule has 0 bridgehead atoms. The molecule has 0 aliphatic carbocycles. The third-order valence-electron chi connectivity index (χ3n) is 3.98. The Labute approximate surface area is 173 Å². The molecule has 2 aromatic rings. The Kier molecular flexibility index (Phi) is 9.11. The van der Waals surface area contributed by atoms with Gasteiger partial charge < -0.3 is 25.8 Å². The van der Waals surface area contributed by atoms with Gasteiger partial charge in [0.05, 0.1) is 6.54 Å². The fourth-order valence-corrected chi connectivity index (χ4v) is 2.46. The quantitative estimate of drug-likeness (QED) is 0.482. The Balaban J connectivity index is 1.79. The normalized spacial score (nSPS) is 11.2. The Morgan fingerprint density at radius 1 is 1.03 bits per heavy atom. The molecular formula is C21H24FN3O5. The van der Waals surface area contributed by atoms with Crippen molar-refractivity contribution in [3.05, 3.63) is 66.0 Å². The zero-order valence-corrected chi connectivity index (χ0v) is 16.3. The maximum Gasteiger partial charge on any atom is 0.408 e. The van der Waals surface area contributed by atoms with Crippen molar-refractivity contribution < 1.29 is 28.2 Å². The summed E-state index contributed by atoms with van der Waals surface area (Å²) in [6, 6.07) is 13.5. The first kappa shape index (κ1) is 22.7. The van der Waals surface area contributed by atoms with Gasteiger partial charge in [0.1, 0.15) is 30.8 Å². The minimum atomic E-state index is -0.994. The summed E-state index contributed by atoms with van der Waals surface area (Å²) in [4.78, 5) is 35.5. The lowest BCUT2D eigenvalue weighted by Gasteiger charge is -2.18. The molecule has 0 fully saturated rings. The number of nitrogens with two attached hydrogens (primary N) is 1. The number of amides is 3. The van der Waals surface area contributed by atoms with Gasteiger partial charge >= 0.3 is 6.09 Å². The first-order valence-electron chi connectivity index (χ1n) is 9.35. The lowest BCUT2D eigenvalue weighted by Crippen LogP contribution is -2.48. The Morgan fingerprint density at radius 3 is 2.40 bits per heavy atom. The first-order valence-corrected chi connectivity index (χ1v) is 9.35. The Morgan fingerprint density at radius 2 is 1.73 bits per heavy atom. The maximum atomic E-state index is 12.9. The van der Waals surface area contributed by atoms with E-state index in [0.717, 1.165) is 5.56 Å². The number of carbonyl (C=O) groups is 3. The summed E-state index contributed by atoms with van der Waals surface area (Å²) >= 11 is 0. The van der Waals surface area contributed by atoms with Crippen molar-refractivity contribution in [1.82, 2.24) is 10.6 Å². The predicted molar refractivity (Wildman–Crippen MR) is 107 cm³/mol. The fraction of sp³-hybridized carbons (Fsp3) is 0.286. The number of halogens is 1. The van der Waals surface area contributed by atoms with Crippen molar-refractivity contribution in [1.29, 1.82) is 0 Å². The monoisotopic (exact) mass is 417 g/mol. The van der Waals surface area contributed by atoms with Crippen molar-refractivity contribution in [2.75, 3.05) is 13.2 Å². The summed E-state index contributed by atoms with van der Waals surface area (Å²) in [6.07, 6.45) is -0.838. The number of alkyl carbamates (subject to hydrolysis) is 1. The third-order valence-corrected chi connectivity index (χ3v) is 3.98. The van der Waals surface area contributed by atoms with Gasteiger partial charge in [-0.05, 0) is 36.2 Å². The highest BCUT2D eigenvalue weighted by molar-refractivity contribution is 5.86. The van der Waals surface area contributed by atoms with Crippen LogP contribution in [0.5, 0.6) is 5.75 Å². The number of nitrogens with one attached hydrogen (secondary N) is 2. The lowest BCUT2D eigenvalue weighted by molar-refractivity contribution is -0.123. The van der Waals surface area contributed by atoms with Crippen LogP contribution in [0.15, 0.2) is 54.6 Å². The molecule has 160 valence electrons. The van der Waals surface area contributed by atoms with Crippen molar-refractivity contribution in [3.63, 3.8) is 0 Å². The molecule has 0 unspecified atom stereocenters. The highest BCUT2D eigenvalue weighted by Crippen LogP contribution is 2.10. The highest BCUT2D eigenvalue weighted by Gasteiger charge is 2.22. The second-order valence-electron chi connectivity index (χ2n) is 6.36. The van der Waals surface area contributed by atoms with Gasteiger partial charge in [0.25, 0.3) is 0 Å².